The second-order valence-electron chi connectivity index (χ2n) is 5.25. The molecule has 6 heteroatoms. The van der Waals surface area contributed by atoms with E-state index in [1.807, 2.05) is 0 Å². The van der Waals surface area contributed by atoms with Crippen LogP contribution in [-0.2, 0) is 9.57 Å². The maximum absolute atomic E-state index is 14.1. The summed E-state index contributed by atoms with van der Waals surface area (Å²) in [7, 11) is 1.47. The molecule has 1 aromatic heterocycles. The molecule has 0 unspecified atom stereocenters. The van der Waals surface area contributed by atoms with E-state index in [1.165, 1.54) is 25.3 Å². The van der Waals surface area contributed by atoms with Gasteiger partial charge < -0.3 is 4.74 Å². The van der Waals surface area contributed by atoms with E-state index in [-0.39, 0.29) is 11.3 Å². The van der Waals surface area contributed by atoms with Crippen LogP contribution in [0.4, 0.5) is 8.78 Å². The highest BCUT2D eigenvalue weighted by atomic mass is 19.1. The minimum absolute atomic E-state index is 0.124. The molecule has 122 valence electrons. The Morgan fingerprint density at radius 2 is 1.87 bits per heavy atom. The second-order valence-corrected chi connectivity index (χ2v) is 5.25. The van der Waals surface area contributed by atoms with Gasteiger partial charge in [-0.15, -0.1) is 0 Å². The molecule has 0 bridgehead atoms. The number of hydroxylamine groups is 1. The van der Waals surface area contributed by atoms with Gasteiger partial charge in [-0.05, 0) is 43.7 Å². The van der Waals surface area contributed by atoms with E-state index < -0.39 is 17.4 Å². The number of hydrogen-bond donors (Lipinski definition) is 1. The van der Waals surface area contributed by atoms with Crippen molar-refractivity contribution in [2.75, 3.05) is 7.11 Å². The summed E-state index contributed by atoms with van der Waals surface area (Å²) < 4.78 is 33.3. The van der Waals surface area contributed by atoms with E-state index in [0.29, 0.717) is 5.56 Å². The monoisotopic (exact) mass is 320 g/mol. The Bertz CT molecular complexity index is 668. The van der Waals surface area contributed by atoms with E-state index in [2.05, 4.69) is 10.5 Å². The minimum Gasteiger partial charge on any atom is -0.352 e. The Kier molecular flexibility index (Phi) is 5.41. The lowest BCUT2D eigenvalue weighted by molar-refractivity contribution is -0.220. The molecule has 0 aliphatic rings. The van der Waals surface area contributed by atoms with Crippen LogP contribution in [0.5, 0.6) is 0 Å². The van der Waals surface area contributed by atoms with Crippen LogP contribution in [0.1, 0.15) is 25.0 Å². The van der Waals surface area contributed by atoms with Crippen LogP contribution in [0, 0.1) is 11.6 Å². The van der Waals surface area contributed by atoms with Crippen molar-refractivity contribution < 1.29 is 18.4 Å². The van der Waals surface area contributed by atoms with Crippen molar-refractivity contribution in [3.63, 3.8) is 0 Å². The first-order valence-electron chi connectivity index (χ1n) is 6.98. The van der Waals surface area contributed by atoms with Crippen LogP contribution in [0.25, 0.3) is 11.8 Å². The standard InChI is InChI=1S/C17H18F2N2O2/c1-17(2,22-3)23-21-15(10-12-6-5-9-20-11-12)16-13(18)7-4-8-14(16)19/h4-11,21H,1-3H3. The van der Waals surface area contributed by atoms with Gasteiger partial charge >= 0.3 is 0 Å². The highest BCUT2D eigenvalue weighted by molar-refractivity contribution is 5.80. The summed E-state index contributed by atoms with van der Waals surface area (Å²) in [6, 6.07) is 7.14. The third kappa shape index (κ3) is 4.58. The third-order valence-corrected chi connectivity index (χ3v) is 3.13. The van der Waals surface area contributed by atoms with Crippen molar-refractivity contribution in [2.45, 2.75) is 19.6 Å². The Balaban J connectivity index is 2.42. The molecule has 1 heterocycles. The van der Waals surface area contributed by atoms with Gasteiger partial charge in [0.1, 0.15) is 11.6 Å². The number of aromatic nitrogens is 1. The molecule has 0 fully saturated rings. The first-order chi connectivity index (χ1) is 10.9. The van der Waals surface area contributed by atoms with Gasteiger partial charge in [0, 0.05) is 19.5 Å². The Morgan fingerprint density at radius 1 is 1.17 bits per heavy atom. The molecule has 2 aromatic rings. The molecule has 1 N–H and O–H groups in total. The predicted octanol–water partition coefficient (Wildman–Crippen LogP) is 3.76. The summed E-state index contributed by atoms with van der Waals surface area (Å²) in [5, 5.41) is 0. The van der Waals surface area contributed by atoms with Gasteiger partial charge in [0.2, 0.25) is 0 Å². The number of methoxy groups -OCH3 is 1. The average molecular weight is 320 g/mol. The fraction of sp³-hybridized carbons (Fsp3) is 0.235. The SMILES string of the molecule is COC(C)(C)ONC(=Cc1cccnc1)c1c(F)cccc1F. The molecule has 23 heavy (non-hydrogen) atoms. The van der Waals surface area contributed by atoms with E-state index in [0.717, 1.165) is 0 Å². The van der Waals surface area contributed by atoms with Gasteiger partial charge in [0.25, 0.3) is 0 Å². The molecule has 2 rings (SSSR count). The fourth-order valence-electron chi connectivity index (χ4n) is 1.76. The highest BCUT2D eigenvalue weighted by Crippen LogP contribution is 2.23. The van der Waals surface area contributed by atoms with Crippen LogP contribution < -0.4 is 5.48 Å². The molecular formula is C17H18F2N2O2. The minimum atomic E-state index is -0.976. The summed E-state index contributed by atoms with van der Waals surface area (Å²) in [4.78, 5) is 9.36. The van der Waals surface area contributed by atoms with Gasteiger partial charge in [-0.1, -0.05) is 12.1 Å². The molecule has 0 radical (unpaired) electrons. The summed E-state index contributed by atoms with van der Waals surface area (Å²) in [6.45, 7) is 3.33. The molecular weight excluding hydrogens is 302 g/mol. The van der Waals surface area contributed by atoms with Gasteiger partial charge in [0.15, 0.2) is 5.79 Å². The summed E-state index contributed by atoms with van der Waals surface area (Å²) in [6.07, 6.45) is 4.72. The number of halogens is 2. The van der Waals surface area contributed by atoms with Gasteiger partial charge in [0.05, 0.1) is 11.3 Å². The number of rotatable bonds is 6. The normalized spacial score (nSPS) is 12.3. The number of benzene rings is 1. The van der Waals surface area contributed by atoms with Crippen LogP contribution in [-0.4, -0.2) is 17.9 Å². The number of pyridine rings is 1. The van der Waals surface area contributed by atoms with Crippen LogP contribution in [0.3, 0.4) is 0 Å². The maximum Gasteiger partial charge on any atom is 0.187 e. The highest BCUT2D eigenvalue weighted by Gasteiger charge is 2.20. The molecule has 0 spiro atoms. The van der Waals surface area contributed by atoms with Crippen molar-refractivity contribution in [1.29, 1.82) is 0 Å². The lowest BCUT2D eigenvalue weighted by Crippen LogP contribution is -2.33. The molecule has 4 nitrogen and oxygen atoms in total. The van der Waals surface area contributed by atoms with Gasteiger partial charge in [-0.2, -0.15) is 0 Å². The zero-order chi connectivity index (χ0) is 16.9. The zero-order valence-electron chi connectivity index (χ0n) is 13.1. The van der Waals surface area contributed by atoms with Crippen molar-refractivity contribution >= 4 is 11.8 Å². The predicted molar refractivity (Wildman–Crippen MR) is 83.8 cm³/mol. The Hall–Kier alpha value is -2.31. The van der Waals surface area contributed by atoms with Crippen molar-refractivity contribution in [1.82, 2.24) is 10.5 Å². The maximum atomic E-state index is 14.1. The average Bonchev–Trinajstić information content (AvgIpc) is 2.53. The first kappa shape index (κ1) is 17.1. The van der Waals surface area contributed by atoms with Crippen LogP contribution in [0.15, 0.2) is 42.7 Å². The summed E-state index contributed by atoms with van der Waals surface area (Å²) >= 11 is 0. The zero-order valence-corrected chi connectivity index (χ0v) is 13.1. The molecule has 1 aromatic carbocycles. The number of ether oxygens (including phenoxy) is 1. The molecule has 0 saturated heterocycles. The molecule has 0 saturated carbocycles. The molecule has 0 aliphatic carbocycles. The smallest absolute Gasteiger partial charge is 0.187 e. The fourth-order valence-corrected chi connectivity index (χ4v) is 1.76. The molecule has 0 aliphatic heterocycles. The lowest BCUT2D eigenvalue weighted by atomic mass is 10.1. The van der Waals surface area contributed by atoms with Crippen molar-refractivity contribution in [3.05, 3.63) is 65.5 Å². The van der Waals surface area contributed by atoms with Crippen LogP contribution in [0.2, 0.25) is 0 Å². The van der Waals surface area contributed by atoms with Gasteiger partial charge in [-0.3, -0.25) is 10.5 Å². The van der Waals surface area contributed by atoms with Crippen molar-refractivity contribution in [2.24, 2.45) is 0 Å². The summed E-state index contributed by atoms with van der Waals surface area (Å²) in [5.74, 6) is -2.38. The first-order valence-corrected chi connectivity index (χ1v) is 6.98. The number of nitrogens with one attached hydrogen (secondary N) is 1. The molecule has 0 amide bonds. The van der Waals surface area contributed by atoms with E-state index in [9.17, 15) is 8.78 Å². The summed E-state index contributed by atoms with van der Waals surface area (Å²) in [5.41, 5.74) is 3.15. The molecule has 0 atom stereocenters. The number of hydrogen-bond acceptors (Lipinski definition) is 4. The number of nitrogens with zero attached hydrogens (tertiary/aromatic N) is 1. The van der Waals surface area contributed by atoms with E-state index >= 15 is 0 Å². The topological polar surface area (TPSA) is 43.4 Å². The second kappa shape index (κ2) is 7.30. The van der Waals surface area contributed by atoms with Gasteiger partial charge in [-0.25, -0.2) is 13.6 Å². The largest absolute Gasteiger partial charge is 0.352 e. The van der Waals surface area contributed by atoms with Crippen molar-refractivity contribution in [3.8, 4) is 0 Å². The third-order valence-electron chi connectivity index (χ3n) is 3.13. The van der Waals surface area contributed by atoms with E-state index in [4.69, 9.17) is 9.57 Å². The Morgan fingerprint density at radius 3 is 2.43 bits per heavy atom. The Labute approximate surface area is 133 Å². The van der Waals surface area contributed by atoms with E-state index in [1.54, 1.807) is 44.4 Å². The van der Waals surface area contributed by atoms with Crippen LogP contribution >= 0.6 is 0 Å². The lowest BCUT2D eigenvalue weighted by Gasteiger charge is -2.24. The quantitative estimate of drug-likeness (QED) is 0.650.